The van der Waals surface area contributed by atoms with Crippen LogP contribution in [-0.2, 0) is 11.0 Å². The molecule has 1 saturated heterocycles. The number of benzene rings is 1. The Morgan fingerprint density at radius 2 is 1.92 bits per heavy atom. The summed E-state index contributed by atoms with van der Waals surface area (Å²) in [6.07, 6.45) is -2.50. The number of carbonyl (C=O) groups is 2. The molecule has 0 unspecified atom stereocenters. The topological polar surface area (TPSA) is 52.7 Å². The van der Waals surface area contributed by atoms with Crippen molar-refractivity contribution in [2.24, 2.45) is 0 Å². The Morgan fingerprint density at radius 1 is 1.28 bits per heavy atom. The Hall–Kier alpha value is -2.25. The maximum Gasteiger partial charge on any atom is 0.416 e. The highest BCUT2D eigenvalue weighted by atomic mass is 19.4. The maximum absolute atomic E-state index is 12.8. The molecule has 1 aromatic rings. The molecular weight excluding hydrogens is 335 g/mol. The second-order valence-corrected chi connectivity index (χ2v) is 6.24. The number of hydrogen-bond donors (Lipinski definition) is 1. The van der Waals surface area contributed by atoms with Crippen LogP contribution in [-0.4, -0.2) is 48.4 Å². The van der Waals surface area contributed by atoms with Gasteiger partial charge >= 0.3 is 12.2 Å². The van der Waals surface area contributed by atoms with E-state index in [-0.39, 0.29) is 12.5 Å². The Labute approximate surface area is 144 Å². The summed E-state index contributed by atoms with van der Waals surface area (Å²) in [6, 6.07) is 3.72. The zero-order chi connectivity index (χ0) is 18.6. The minimum absolute atomic E-state index is 0.0544. The SMILES string of the molecule is C[C@H](NC(=O)N(C)CC(=O)N1CCCC1)c1cccc(C(F)(F)F)c1. The van der Waals surface area contributed by atoms with Crippen LogP contribution in [0.1, 0.15) is 36.9 Å². The molecule has 1 heterocycles. The number of carbonyl (C=O) groups excluding carboxylic acids is 2. The Balaban J connectivity index is 1.94. The second kappa shape index (κ2) is 7.76. The molecule has 1 N–H and O–H groups in total. The first-order valence-corrected chi connectivity index (χ1v) is 8.15. The van der Waals surface area contributed by atoms with Crippen molar-refractivity contribution in [1.29, 1.82) is 0 Å². The number of likely N-dealkylation sites (N-methyl/N-ethyl adjacent to an activating group) is 1. The first-order chi connectivity index (χ1) is 11.7. The lowest BCUT2D eigenvalue weighted by molar-refractivity contribution is -0.137. The van der Waals surface area contributed by atoms with E-state index in [2.05, 4.69) is 5.32 Å². The summed E-state index contributed by atoms with van der Waals surface area (Å²) in [6.45, 7) is 2.95. The van der Waals surface area contributed by atoms with E-state index in [1.165, 1.54) is 24.1 Å². The van der Waals surface area contributed by atoms with Gasteiger partial charge in [-0.05, 0) is 37.5 Å². The fourth-order valence-electron chi connectivity index (χ4n) is 2.70. The molecule has 0 aliphatic carbocycles. The molecule has 138 valence electrons. The van der Waals surface area contributed by atoms with Gasteiger partial charge in [0.1, 0.15) is 6.54 Å². The molecule has 2 rings (SSSR count). The number of hydrogen-bond acceptors (Lipinski definition) is 2. The van der Waals surface area contributed by atoms with Gasteiger partial charge in [-0.25, -0.2) is 4.79 Å². The quantitative estimate of drug-likeness (QED) is 0.901. The average molecular weight is 357 g/mol. The van der Waals surface area contributed by atoms with Crippen molar-refractivity contribution in [2.45, 2.75) is 32.0 Å². The van der Waals surface area contributed by atoms with Crippen LogP contribution in [0.2, 0.25) is 0 Å². The molecule has 0 spiro atoms. The Morgan fingerprint density at radius 3 is 2.52 bits per heavy atom. The third kappa shape index (κ3) is 5.11. The van der Waals surface area contributed by atoms with Gasteiger partial charge in [-0.15, -0.1) is 0 Å². The molecule has 25 heavy (non-hydrogen) atoms. The number of halogens is 3. The van der Waals surface area contributed by atoms with E-state index in [0.717, 1.165) is 25.0 Å². The molecule has 0 aromatic heterocycles. The molecule has 8 heteroatoms. The van der Waals surface area contributed by atoms with Gasteiger partial charge < -0.3 is 15.1 Å². The van der Waals surface area contributed by atoms with Crippen molar-refractivity contribution in [1.82, 2.24) is 15.1 Å². The summed E-state index contributed by atoms with van der Waals surface area (Å²) in [5.41, 5.74) is -0.411. The third-order valence-electron chi connectivity index (χ3n) is 4.23. The summed E-state index contributed by atoms with van der Waals surface area (Å²) in [4.78, 5) is 27.2. The number of likely N-dealkylation sites (tertiary alicyclic amines) is 1. The van der Waals surface area contributed by atoms with Gasteiger partial charge in [-0.2, -0.15) is 13.2 Å². The molecule has 1 aliphatic rings. The number of amides is 3. The Kier molecular flexibility index (Phi) is 5.92. The second-order valence-electron chi connectivity index (χ2n) is 6.24. The van der Waals surface area contributed by atoms with Gasteiger partial charge in [-0.1, -0.05) is 12.1 Å². The minimum Gasteiger partial charge on any atom is -0.341 e. The van der Waals surface area contributed by atoms with Crippen molar-refractivity contribution in [3.8, 4) is 0 Å². The maximum atomic E-state index is 12.8. The van der Waals surface area contributed by atoms with E-state index in [0.29, 0.717) is 18.7 Å². The predicted octanol–water partition coefficient (Wildman–Crippen LogP) is 3.03. The molecule has 1 atom stereocenters. The van der Waals surface area contributed by atoms with Crippen LogP contribution < -0.4 is 5.32 Å². The number of alkyl halides is 3. The summed E-state index contributed by atoms with van der Waals surface area (Å²) in [5.74, 6) is -0.123. The fraction of sp³-hybridized carbons (Fsp3) is 0.529. The van der Waals surface area contributed by atoms with Crippen molar-refractivity contribution in [3.63, 3.8) is 0 Å². The highest BCUT2D eigenvalue weighted by Crippen LogP contribution is 2.30. The van der Waals surface area contributed by atoms with Crippen LogP contribution in [0.15, 0.2) is 24.3 Å². The zero-order valence-electron chi connectivity index (χ0n) is 14.3. The summed E-state index contributed by atoms with van der Waals surface area (Å²) in [5, 5.41) is 2.62. The predicted molar refractivity (Wildman–Crippen MR) is 86.8 cm³/mol. The highest BCUT2D eigenvalue weighted by molar-refractivity contribution is 5.84. The summed E-state index contributed by atoms with van der Waals surface area (Å²) >= 11 is 0. The van der Waals surface area contributed by atoms with Gasteiger partial charge in [0.2, 0.25) is 5.91 Å². The molecule has 5 nitrogen and oxygen atoms in total. The normalized spacial score (nSPS) is 15.8. The largest absolute Gasteiger partial charge is 0.416 e. The van der Waals surface area contributed by atoms with Crippen molar-refractivity contribution in [2.75, 3.05) is 26.7 Å². The molecule has 0 radical (unpaired) electrons. The number of urea groups is 1. The number of rotatable bonds is 4. The van der Waals surface area contributed by atoms with Crippen LogP contribution in [0.3, 0.4) is 0 Å². The fourth-order valence-corrected chi connectivity index (χ4v) is 2.70. The summed E-state index contributed by atoms with van der Waals surface area (Å²) < 4.78 is 38.3. The first kappa shape index (κ1) is 19.1. The van der Waals surface area contributed by atoms with Crippen LogP contribution in [0, 0.1) is 0 Å². The van der Waals surface area contributed by atoms with E-state index in [9.17, 15) is 22.8 Å². The van der Waals surface area contributed by atoms with Gasteiger partial charge in [0, 0.05) is 20.1 Å². The van der Waals surface area contributed by atoms with Crippen molar-refractivity contribution in [3.05, 3.63) is 35.4 Å². The van der Waals surface area contributed by atoms with E-state index in [1.54, 1.807) is 11.8 Å². The molecule has 1 aliphatic heterocycles. The standard InChI is InChI=1S/C17H22F3N3O2/c1-12(13-6-5-7-14(10-13)17(18,19)20)21-16(25)22(2)11-15(24)23-8-3-4-9-23/h5-7,10,12H,3-4,8-9,11H2,1-2H3,(H,21,25)/t12-/m0/s1. The molecule has 0 bridgehead atoms. The lowest BCUT2D eigenvalue weighted by Gasteiger charge is -2.24. The number of nitrogens with one attached hydrogen (secondary N) is 1. The van der Waals surface area contributed by atoms with Crippen LogP contribution in [0.25, 0.3) is 0 Å². The first-order valence-electron chi connectivity index (χ1n) is 8.15. The molecular formula is C17H22F3N3O2. The van der Waals surface area contributed by atoms with Gasteiger partial charge in [0.05, 0.1) is 11.6 Å². The highest BCUT2D eigenvalue weighted by Gasteiger charge is 2.31. The average Bonchev–Trinajstić information content (AvgIpc) is 3.08. The molecule has 1 aromatic carbocycles. The van der Waals surface area contributed by atoms with Crippen LogP contribution in [0.4, 0.5) is 18.0 Å². The van der Waals surface area contributed by atoms with E-state index < -0.39 is 23.8 Å². The lowest BCUT2D eigenvalue weighted by atomic mass is 10.1. The van der Waals surface area contributed by atoms with Crippen molar-refractivity contribution < 1.29 is 22.8 Å². The summed E-state index contributed by atoms with van der Waals surface area (Å²) in [7, 11) is 1.49. The van der Waals surface area contributed by atoms with E-state index in [1.807, 2.05) is 0 Å². The van der Waals surface area contributed by atoms with Gasteiger partial charge in [0.25, 0.3) is 0 Å². The van der Waals surface area contributed by atoms with E-state index >= 15 is 0 Å². The van der Waals surface area contributed by atoms with E-state index in [4.69, 9.17) is 0 Å². The van der Waals surface area contributed by atoms with Crippen LogP contribution in [0.5, 0.6) is 0 Å². The number of nitrogens with zero attached hydrogens (tertiary/aromatic N) is 2. The molecule has 0 saturated carbocycles. The third-order valence-corrected chi connectivity index (χ3v) is 4.23. The zero-order valence-corrected chi connectivity index (χ0v) is 14.3. The minimum atomic E-state index is -4.43. The molecule has 1 fully saturated rings. The molecule has 3 amide bonds. The monoisotopic (exact) mass is 357 g/mol. The smallest absolute Gasteiger partial charge is 0.341 e. The van der Waals surface area contributed by atoms with Crippen LogP contribution >= 0.6 is 0 Å². The van der Waals surface area contributed by atoms with Gasteiger partial charge in [-0.3, -0.25) is 4.79 Å². The van der Waals surface area contributed by atoms with Crippen molar-refractivity contribution >= 4 is 11.9 Å². The Bertz CT molecular complexity index is 628. The van der Waals surface area contributed by atoms with Gasteiger partial charge in [0.15, 0.2) is 0 Å². The lowest BCUT2D eigenvalue weighted by Crippen LogP contribution is -2.44.